The van der Waals surface area contributed by atoms with E-state index < -0.39 is 0 Å². The number of carbonyl (C=O) groups is 2. The average Bonchev–Trinajstić information content (AvgIpc) is 2.87. The van der Waals surface area contributed by atoms with Gasteiger partial charge in [0.1, 0.15) is 0 Å². The molecule has 19 heavy (non-hydrogen) atoms. The van der Waals surface area contributed by atoms with E-state index in [4.69, 9.17) is 5.73 Å². The van der Waals surface area contributed by atoms with Gasteiger partial charge in [0.25, 0.3) is 0 Å². The lowest BCUT2D eigenvalue weighted by Crippen LogP contribution is -2.53. The molecule has 0 aromatic rings. The maximum absolute atomic E-state index is 12.6. The highest BCUT2D eigenvalue weighted by molar-refractivity contribution is 5.82. The number of nitrogens with two attached hydrogens (primary N) is 1. The van der Waals surface area contributed by atoms with Crippen LogP contribution >= 0.6 is 0 Å². The van der Waals surface area contributed by atoms with Gasteiger partial charge < -0.3 is 15.5 Å². The minimum absolute atomic E-state index is 0.0248. The molecule has 108 valence electrons. The largest absolute Gasteiger partial charge is 0.342 e. The molecule has 2 N–H and O–H groups in total. The monoisotopic (exact) mass is 267 g/mol. The first-order valence-electron chi connectivity index (χ1n) is 7.30. The van der Waals surface area contributed by atoms with Gasteiger partial charge in [-0.1, -0.05) is 6.92 Å². The Morgan fingerprint density at radius 2 is 2.00 bits per heavy atom. The number of carbonyl (C=O) groups excluding carboxylic acids is 2. The number of likely N-dealkylation sites (tertiary alicyclic amines) is 2. The van der Waals surface area contributed by atoms with Gasteiger partial charge in [-0.2, -0.15) is 0 Å². The zero-order chi connectivity index (χ0) is 14.0. The first kappa shape index (κ1) is 14.3. The van der Waals surface area contributed by atoms with E-state index in [1.54, 1.807) is 11.8 Å². The van der Waals surface area contributed by atoms with E-state index in [0.717, 1.165) is 25.8 Å². The van der Waals surface area contributed by atoms with E-state index in [0.29, 0.717) is 25.6 Å². The Balaban J connectivity index is 2.01. The summed E-state index contributed by atoms with van der Waals surface area (Å²) >= 11 is 0. The van der Waals surface area contributed by atoms with Crippen LogP contribution in [0.5, 0.6) is 0 Å². The molecule has 0 saturated carbocycles. The Morgan fingerprint density at radius 1 is 1.26 bits per heavy atom. The summed E-state index contributed by atoms with van der Waals surface area (Å²) in [6.07, 6.45) is 3.00. The predicted molar refractivity (Wildman–Crippen MR) is 73.3 cm³/mol. The molecule has 5 heteroatoms. The van der Waals surface area contributed by atoms with E-state index in [1.807, 2.05) is 4.90 Å². The molecule has 0 aliphatic carbocycles. The summed E-state index contributed by atoms with van der Waals surface area (Å²) in [6, 6.07) is 0.174. The number of hydrogen-bond donors (Lipinski definition) is 1. The molecule has 0 bridgehead atoms. The van der Waals surface area contributed by atoms with Crippen LogP contribution in [0.25, 0.3) is 0 Å². The second-order valence-electron chi connectivity index (χ2n) is 5.90. The lowest BCUT2D eigenvalue weighted by molar-refractivity contribution is -0.140. The molecule has 2 heterocycles. The van der Waals surface area contributed by atoms with Crippen LogP contribution < -0.4 is 5.73 Å². The summed E-state index contributed by atoms with van der Waals surface area (Å²) < 4.78 is 0. The Morgan fingerprint density at radius 3 is 2.58 bits per heavy atom. The number of rotatable bonds is 2. The quantitative estimate of drug-likeness (QED) is 0.789. The van der Waals surface area contributed by atoms with Crippen LogP contribution in [0.4, 0.5) is 0 Å². The maximum atomic E-state index is 12.6. The Bertz CT molecular complexity index is 359. The van der Waals surface area contributed by atoms with Crippen LogP contribution in [-0.2, 0) is 9.59 Å². The van der Waals surface area contributed by atoms with Crippen molar-refractivity contribution < 1.29 is 9.59 Å². The molecule has 3 atom stereocenters. The fourth-order valence-corrected chi connectivity index (χ4v) is 3.36. The van der Waals surface area contributed by atoms with Gasteiger partial charge in [-0.05, 0) is 25.2 Å². The molecular formula is C14H25N3O2. The Hall–Kier alpha value is -1.10. The minimum Gasteiger partial charge on any atom is -0.342 e. The van der Waals surface area contributed by atoms with Crippen LogP contribution in [0.3, 0.4) is 0 Å². The number of piperidine rings is 1. The molecule has 2 fully saturated rings. The van der Waals surface area contributed by atoms with E-state index in [-0.39, 0.29) is 23.8 Å². The zero-order valence-corrected chi connectivity index (χ0v) is 12.0. The maximum Gasteiger partial charge on any atom is 0.227 e. The predicted octanol–water partition coefficient (Wildman–Crippen LogP) is 0.441. The molecule has 0 radical (unpaired) electrons. The van der Waals surface area contributed by atoms with Gasteiger partial charge in [-0.25, -0.2) is 0 Å². The highest BCUT2D eigenvalue weighted by Gasteiger charge is 2.37. The number of nitrogens with zero attached hydrogens (tertiary/aromatic N) is 2. The fourth-order valence-electron chi connectivity index (χ4n) is 3.36. The van der Waals surface area contributed by atoms with Crippen LogP contribution in [0.1, 0.15) is 33.1 Å². The third-order valence-electron chi connectivity index (χ3n) is 4.62. The molecule has 0 unspecified atom stereocenters. The first-order chi connectivity index (χ1) is 9.04. The van der Waals surface area contributed by atoms with Crippen molar-refractivity contribution in [1.82, 2.24) is 9.80 Å². The molecule has 0 aromatic heterocycles. The molecule has 2 aliphatic rings. The van der Waals surface area contributed by atoms with Crippen molar-refractivity contribution in [2.24, 2.45) is 17.6 Å². The highest BCUT2D eigenvalue weighted by atomic mass is 16.2. The van der Waals surface area contributed by atoms with Crippen molar-refractivity contribution in [1.29, 1.82) is 0 Å². The molecule has 5 nitrogen and oxygen atoms in total. The van der Waals surface area contributed by atoms with Crippen LogP contribution in [0.2, 0.25) is 0 Å². The van der Waals surface area contributed by atoms with E-state index >= 15 is 0 Å². The standard InChI is InChI=1S/C14H25N3O2/c1-10-4-3-6-17(13(10)8-15)14(19)12-5-7-16(9-12)11(2)18/h10,12-13H,3-9,15H2,1-2H3/t10-,12-,13+/m0/s1. The molecule has 2 amide bonds. The van der Waals surface area contributed by atoms with Gasteiger partial charge in [-0.15, -0.1) is 0 Å². The van der Waals surface area contributed by atoms with E-state index in [9.17, 15) is 9.59 Å². The van der Waals surface area contributed by atoms with Crippen molar-refractivity contribution in [3.05, 3.63) is 0 Å². The van der Waals surface area contributed by atoms with Gasteiger partial charge in [-0.3, -0.25) is 9.59 Å². The molecule has 2 aliphatic heterocycles. The van der Waals surface area contributed by atoms with Crippen molar-refractivity contribution in [3.63, 3.8) is 0 Å². The van der Waals surface area contributed by atoms with Crippen LogP contribution in [-0.4, -0.2) is 53.8 Å². The number of hydrogen-bond acceptors (Lipinski definition) is 3. The normalized spacial score (nSPS) is 31.6. The van der Waals surface area contributed by atoms with Crippen molar-refractivity contribution in [2.45, 2.75) is 39.2 Å². The van der Waals surface area contributed by atoms with Crippen molar-refractivity contribution in [2.75, 3.05) is 26.2 Å². The zero-order valence-electron chi connectivity index (χ0n) is 12.0. The highest BCUT2D eigenvalue weighted by Crippen LogP contribution is 2.27. The van der Waals surface area contributed by atoms with Crippen molar-refractivity contribution >= 4 is 11.8 Å². The lowest BCUT2D eigenvalue weighted by atomic mass is 9.89. The van der Waals surface area contributed by atoms with Crippen LogP contribution in [0.15, 0.2) is 0 Å². The average molecular weight is 267 g/mol. The third kappa shape index (κ3) is 2.91. The fraction of sp³-hybridized carbons (Fsp3) is 0.857. The minimum atomic E-state index is -0.0248. The SMILES string of the molecule is CC(=O)N1CC[C@H](C(=O)N2CCC[C@H](C)[C@H]2CN)C1. The molecule has 0 spiro atoms. The molecule has 0 aromatic carbocycles. The van der Waals surface area contributed by atoms with Gasteiger partial charge in [0, 0.05) is 39.1 Å². The summed E-state index contributed by atoms with van der Waals surface area (Å²) in [5.74, 6) is 0.722. The second-order valence-corrected chi connectivity index (χ2v) is 5.90. The molecule has 2 rings (SSSR count). The Kier molecular flexibility index (Phi) is 4.45. The smallest absolute Gasteiger partial charge is 0.227 e. The second kappa shape index (κ2) is 5.90. The Labute approximate surface area is 115 Å². The van der Waals surface area contributed by atoms with Gasteiger partial charge in [0.2, 0.25) is 11.8 Å². The first-order valence-corrected chi connectivity index (χ1v) is 7.30. The summed E-state index contributed by atoms with van der Waals surface area (Å²) in [5.41, 5.74) is 5.84. The third-order valence-corrected chi connectivity index (χ3v) is 4.62. The summed E-state index contributed by atoms with van der Waals surface area (Å²) in [6.45, 7) is 6.39. The lowest BCUT2D eigenvalue weighted by Gasteiger charge is -2.40. The van der Waals surface area contributed by atoms with Crippen molar-refractivity contribution in [3.8, 4) is 0 Å². The van der Waals surface area contributed by atoms with Gasteiger partial charge >= 0.3 is 0 Å². The van der Waals surface area contributed by atoms with E-state index in [1.165, 1.54) is 0 Å². The summed E-state index contributed by atoms with van der Waals surface area (Å²) in [4.78, 5) is 27.7. The molecular weight excluding hydrogens is 242 g/mol. The number of amides is 2. The summed E-state index contributed by atoms with van der Waals surface area (Å²) in [7, 11) is 0. The topological polar surface area (TPSA) is 66.6 Å². The summed E-state index contributed by atoms with van der Waals surface area (Å²) in [5, 5.41) is 0. The molecule has 2 saturated heterocycles. The van der Waals surface area contributed by atoms with Gasteiger partial charge in [0.05, 0.1) is 5.92 Å². The van der Waals surface area contributed by atoms with E-state index in [2.05, 4.69) is 6.92 Å². The van der Waals surface area contributed by atoms with Crippen LogP contribution in [0, 0.1) is 11.8 Å². The van der Waals surface area contributed by atoms with Gasteiger partial charge in [0.15, 0.2) is 0 Å².